The molecule has 0 saturated heterocycles. The van der Waals surface area contributed by atoms with E-state index in [9.17, 15) is 4.39 Å². The van der Waals surface area contributed by atoms with E-state index in [0.717, 1.165) is 4.80 Å². The highest BCUT2D eigenvalue weighted by Gasteiger charge is 2.07. The molecular formula is C8H7FN4O. The Labute approximate surface area is 79.1 Å². The predicted molar refractivity (Wildman–Crippen MR) is 45.7 cm³/mol. The van der Waals surface area contributed by atoms with Crippen molar-refractivity contribution in [3.8, 4) is 11.6 Å². The van der Waals surface area contributed by atoms with E-state index in [1.165, 1.54) is 31.8 Å². The molecule has 2 rings (SSSR count). The van der Waals surface area contributed by atoms with Crippen LogP contribution in [0.3, 0.4) is 0 Å². The zero-order valence-corrected chi connectivity index (χ0v) is 7.38. The van der Waals surface area contributed by atoms with Crippen LogP contribution in [0.25, 0.3) is 5.69 Å². The average molecular weight is 194 g/mol. The van der Waals surface area contributed by atoms with Gasteiger partial charge in [0.2, 0.25) is 5.88 Å². The standard InChI is InChI=1S/C8H7FN4O/c1-14-8-4-6(9)7(5-10-8)13-11-2-3-12-13/h2-5H,1H3. The number of hydrogen-bond acceptors (Lipinski definition) is 4. The quantitative estimate of drug-likeness (QED) is 0.709. The minimum absolute atomic E-state index is 0.191. The second-order valence-electron chi connectivity index (χ2n) is 2.50. The lowest BCUT2D eigenvalue weighted by atomic mass is 10.4. The Balaban J connectivity index is 2.46. The summed E-state index contributed by atoms with van der Waals surface area (Å²) in [5.41, 5.74) is 0.191. The molecule has 0 aliphatic rings. The van der Waals surface area contributed by atoms with Gasteiger partial charge >= 0.3 is 0 Å². The maximum Gasteiger partial charge on any atom is 0.216 e. The molecule has 0 spiro atoms. The van der Waals surface area contributed by atoms with E-state index in [-0.39, 0.29) is 11.6 Å². The Morgan fingerprint density at radius 2 is 2.07 bits per heavy atom. The molecule has 0 N–H and O–H groups in total. The molecule has 5 nitrogen and oxygen atoms in total. The summed E-state index contributed by atoms with van der Waals surface area (Å²) in [6.45, 7) is 0. The molecule has 0 amide bonds. The van der Waals surface area contributed by atoms with Crippen LogP contribution in [0.15, 0.2) is 24.7 Å². The zero-order valence-electron chi connectivity index (χ0n) is 7.38. The van der Waals surface area contributed by atoms with Gasteiger partial charge in [-0.05, 0) is 0 Å². The molecule has 14 heavy (non-hydrogen) atoms. The van der Waals surface area contributed by atoms with Crippen LogP contribution in [0.2, 0.25) is 0 Å². The van der Waals surface area contributed by atoms with E-state index in [1.54, 1.807) is 0 Å². The molecule has 0 fully saturated rings. The smallest absolute Gasteiger partial charge is 0.216 e. The van der Waals surface area contributed by atoms with Crippen molar-refractivity contribution in [1.29, 1.82) is 0 Å². The van der Waals surface area contributed by atoms with E-state index in [1.807, 2.05) is 0 Å². The van der Waals surface area contributed by atoms with E-state index in [2.05, 4.69) is 15.2 Å². The fourth-order valence-corrected chi connectivity index (χ4v) is 1.00. The van der Waals surface area contributed by atoms with Crippen LogP contribution < -0.4 is 4.74 Å². The third kappa shape index (κ3) is 1.41. The lowest BCUT2D eigenvalue weighted by Crippen LogP contribution is -2.03. The van der Waals surface area contributed by atoms with E-state index in [0.29, 0.717) is 0 Å². The Hall–Kier alpha value is -1.98. The van der Waals surface area contributed by atoms with Gasteiger partial charge in [0.25, 0.3) is 0 Å². The Kier molecular flexibility index (Phi) is 2.10. The number of ether oxygens (including phenoxy) is 1. The van der Waals surface area contributed by atoms with Crippen molar-refractivity contribution in [2.45, 2.75) is 0 Å². The van der Waals surface area contributed by atoms with Gasteiger partial charge in [0, 0.05) is 6.07 Å². The summed E-state index contributed by atoms with van der Waals surface area (Å²) in [6.07, 6.45) is 4.24. The molecule has 0 bridgehead atoms. The van der Waals surface area contributed by atoms with Crippen molar-refractivity contribution in [3.05, 3.63) is 30.5 Å². The molecule has 0 atom stereocenters. The molecule has 6 heteroatoms. The Morgan fingerprint density at radius 1 is 1.36 bits per heavy atom. The number of pyridine rings is 1. The van der Waals surface area contributed by atoms with Crippen LogP contribution in [0.1, 0.15) is 0 Å². The first-order valence-corrected chi connectivity index (χ1v) is 3.87. The van der Waals surface area contributed by atoms with Gasteiger partial charge in [0.15, 0.2) is 5.82 Å². The van der Waals surface area contributed by atoms with Crippen LogP contribution in [-0.2, 0) is 0 Å². The summed E-state index contributed by atoms with van der Waals surface area (Å²) in [6, 6.07) is 1.18. The van der Waals surface area contributed by atoms with Crippen molar-refractivity contribution in [2.24, 2.45) is 0 Å². The first-order chi connectivity index (χ1) is 6.81. The van der Waals surface area contributed by atoms with Crippen molar-refractivity contribution in [1.82, 2.24) is 20.0 Å². The highest BCUT2D eigenvalue weighted by molar-refractivity contribution is 5.31. The molecule has 2 aromatic heterocycles. The third-order valence-electron chi connectivity index (χ3n) is 1.65. The Bertz CT molecular complexity index is 429. The highest BCUT2D eigenvalue weighted by Crippen LogP contribution is 2.14. The number of halogens is 1. The molecule has 0 aromatic carbocycles. The molecular weight excluding hydrogens is 187 g/mol. The number of nitrogens with zero attached hydrogens (tertiary/aromatic N) is 4. The van der Waals surface area contributed by atoms with Crippen LogP contribution in [0.4, 0.5) is 4.39 Å². The molecule has 0 aliphatic carbocycles. The monoisotopic (exact) mass is 194 g/mol. The van der Waals surface area contributed by atoms with Gasteiger partial charge in [0.05, 0.1) is 25.7 Å². The van der Waals surface area contributed by atoms with Crippen molar-refractivity contribution in [3.63, 3.8) is 0 Å². The van der Waals surface area contributed by atoms with Crippen LogP contribution in [-0.4, -0.2) is 27.1 Å². The number of hydrogen-bond donors (Lipinski definition) is 0. The minimum atomic E-state index is -0.479. The van der Waals surface area contributed by atoms with Gasteiger partial charge in [-0.3, -0.25) is 0 Å². The molecule has 72 valence electrons. The predicted octanol–water partition coefficient (Wildman–Crippen LogP) is 0.810. The molecule has 0 aliphatic heterocycles. The maximum absolute atomic E-state index is 13.4. The fraction of sp³-hybridized carbons (Fsp3) is 0.125. The van der Waals surface area contributed by atoms with E-state index in [4.69, 9.17) is 4.74 Å². The fourth-order valence-electron chi connectivity index (χ4n) is 1.00. The van der Waals surface area contributed by atoms with Crippen molar-refractivity contribution in [2.75, 3.05) is 7.11 Å². The summed E-state index contributed by atoms with van der Waals surface area (Å²) >= 11 is 0. The van der Waals surface area contributed by atoms with Crippen LogP contribution in [0, 0.1) is 5.82 Å². The first-order valence-electron chi connectivity index (χ1n) is 3.87. The molecule has 0 radical (unpaired) electrons. The summed E-state index contributed by atoms with van der Waals surface area (Å²) in [4.78, 5) is 5.01. The Morgan fingerprint density at radius 3 is 2.64 bits per heavy atom. The van der Waals surface area contributed by atoms with E-state index >= 15 is 0 Å². The summed E-state index contributed by atoms with van der Waals surface area (Å²) < 4.78 is 18.1. The molecule has 0 saturated carbocycles. The van der Waals surface area contributed by atoms with Gasteiger partial charge in [-0.15, -0.1) is 4.80 Å². The average Bonchev–Trinajstić information content (AvgIpc) is 2.70. The number of aromatic nitrogens is 4. The normalized spacial score (nSPS) is 10.1. The number of methoxy groups -OCH3 is 1. The maximum atomic E-state index is 13.4. The van der Waals surface area contributed by atoms with Crippen molar-refractivity contribution < 1.29 is 9.13 Å². The second kappa shape index (κ2) is 3.41. The minimum Gasteiger partial charge on any atom is -0.481 e. The van der Waals surface area contributed by atoms with Gasteiger partial charge in [-0.25, -0.2) is 9.37 Å². The van der Waals surface area contributed by atoms with Crippen LogP contribution in [0.5, 0.6) is 5.88 Å². The zero-order chi connectivity index (χ0) is 9.97. The SMILES string of the molecule is COc1cc(F)c(-n2nccn2)cn1. The second-order valence-corrected chi connectivity index (χ2v) is 2.50. The van der Waals surface area contributed by atoms with Gasteiger partial charge in [-0.2, -0.15) is 10.2 Å². The third-order valence-corrected chi connectivity index (χ3v) is 1.65. The van der Waals surface area contributed by atoms with Crippen LogP contribution >= 0.6 is 0 Å². The van der Waals surface area contributed by atoms with E-state index < -0.39 is 5.82 Å². The van der Waals surface area contributed by atoms with Gasteiger partial charge in [0.1, 0.15) is 5.69 Å². The lowest BCUT2D eigenvalue weighted by molar-refractivity contribution is 0.393. The summed E-state index contributed by atoms with van der Waals surface area (Å²) in [5.74, 6) is -0.258. The molecule has 2 aromatic rings. The number of rotatable bonds is 2. The largest absolute Gasteiger partial charge is 0.481 e. The first kappa shape index (κ1) is 8.61. The molecule has 0 unspecified atom stereocenters. The van der Waals surface area contributed by atoms with Gasteiger partial charge in [-0.1, -0.05) is 0 Å². The highest BCUT2D eigenvalue weighted by atomic mass is 19.1. The topological polar surface area (TPSA) is 52.8 Å². The summed E-state index contributed by atoms with van der Waals surface area (Å²) in [7, 11) is 1.42. The van der Waals surface area contributed by atoms with Crippen molar-refractivity contribution >= 4 is 0 Å². The lowest BCUT2D eigenvalue weighted by Gasteiger charge is -2.02. The summed E-state index contributed by atoms with van der Waals surface area (Å²) in [5, 5.41) is 7.58. The molecule has 2 heterocycles. The van der Waals surface area contributed by atoms with Gasteiger partial charge < -0.3 is 4.74 Å².